The molecule has 0 aliphatic rings. The summed E-state index contributed by atoms with van der Waals surface area (Å²) in [7, 11) is 0. The Bertz CT molecular complexity index is 761. The fourth-order valence-corrected chi connectivity index (χ4v) is 2.86. The summed E-state index contributed by atoms with van der Waals surface area (Å²) in [5.41, 5.74) is 7.19. The Morgan fingerprint density at radius 2 is 2.00 bits per heavy atom. The van der Waals surface area contributed by atoms with Gasteiger partial charge in [0.05, 0.1) is 11.2 Å². The lowest BCUT2D eigenvalue weighted by molar-refractivity contribution is 0.798. The van der Waals surface area contributed by atoms with Gasteiger partial charge in [-0.3, -0.25) is 9.36 Å². The molecule has 0 atom stereocenters. The fourth-order valence-electron chi connectivity index (χ4n) is 2.10. The third kappa shape index (κ3) is 2.07. The molecule has 0 aliphatic heterocycles. The van der Waals surface area contributed by atoms with Gasteiger partial charge in [0.2, 0.25) is 0 Å². The summed E-state index contributed by atoms with van der Waals surface area (Å²) in [6.45, 7) is 0.467. The minimum atomic E-state index is -0.0188. The highest BCUT2D eigenvalue weighted by atomic mass is 32.1. The van der Waals surface area contributed by atoms with Crippen molar-refractivity contribution in [2.24, 2.45) is 5.73 Å². The van der Waals surface area contributed by atoms with Crippen LogP contribution in [0.25, 0.3) is 15.9 Å². The van der Waals surface area contributed by atoms with Crippen LogP contribution in [0, 0.1) is 0 Å². The van der Waals surface area contributed by atoms with Gasteiger partial charge in [-0.1, -0.05) is 18.2 Å². The van der Waals surface area contributed by atoms with Crippen molar-refractivity contribution in [3.8, 4) is 5.69 Å². The minimum Gasteiger partial charge on any atom is -0.330 e. The molecule has 4 nitrogen and oxygen atoms in total. The maximum atomic E-state index is 12.6. The Morgan fingerprint density at radius 3 is 2.74 bits per heavy atom. The summed E-state index contributed by atoms with van der Waals surface area (Å²) in [6, 6.07) is 11.4. The molecule has 2 heterocycles. The number of nitrogens with two attached hydrogens (primary N) is 1. The van der Waals surface area contributed by atoms with Crippen LogP contribution < -0.4 is 11.3 Å². The third-order valence-corrected chi connectivity index (χ3v) is 3.82. The van der Waals surface area contributed by atoms with Crippen LogP contribution in [0.1, 0.15) is 5.82 Å². The first kappa shape index (κ1) is 12.1. The molecule has 5 heteroatoms. The Hall–Kier alpha value is -1.98. The molecule has 2 aromatic heterocycles. The van der Waals surface area contributed by atoms with Gasteiger partial charge in [0, 0.05) is 6.42 Å². The van der Waals surface area contributed by atoms with Crippen molar-refractivity contribution in [1.82, 2.24) is 9.55 Å². The van der Waals surface area contributed by atoms with Gasteiger partial charge in [-0.15, -0.1) is 11.3 Å². The van der Waals surface area contributed by atoms with Gasteiger partial charge in [0.15, 0.2) is 0 Å². The molecule has 0 fully saturated rings. The zero-order valence-electron chi connectivity index (χ0n) is 10.2. The summed E-state index contributed by atoms with van der Waals surface area (Å²) in [6.07, 6.45) is 0.579. The molecule has 19 heavy (non-hydrogen) atoms. The Morgan fingerprint density at radius 1 is 1.21 bits per heavy atom. The predicted octanol–water partition coefficient (Wildman–Crippen LogP) is 1.95. The molecule has 0 saturated carbocycles. The molecule has 1 aromatic carbocycles. The minimum absolute atomic E-state index is 0.0188. The number of hydrogen-bond donors (Lipinski definition) is 1. The van der Waals surface area contributed by atoms with E-state index in [0.29, 0.717) is 23.5 Å². The van der Waals surface area contributed by atoms with Crippen molar-refractivity contribution in [3.63, 3.8) is 0 Å². The monoisotopic (exact) mass is 271 g/mol. The zero-order chi connectivity index (χ0) is 13.2. The van der Waals surface area contributed by atoms with E-state index in [4.69, 9.17) is 5.73 Å². The molecule has 0 spiro atoms. The number of thiophene rings is 1. The molecule has 2 N–H and O–H groups in total. The number of benzene rings is 1. The Kier molecular flexibility index (Phi) is 3.15. The standard InChI is InChI=1S/C14H13N3OS/c15-8-6-12-16-11-7-9-19-13(11)14(18)17(12)10-4-2-1-3-5-10/h1-5,7,9H,6,8,15H2. The second-order valence-corrected chi connectivity index (χ2v) is 5.09. The first-order chi connectivity index (χ1) is 9.31. The van der Waals surface area contributed by atoms with Crippen LogP contribution >= 0.6 is 11.3 Å². The van der Waals surface area contributed by atoms with E-state index in [0.717, 1.165) is 11.2 Å². The molecule has 96 valence electrons. The van der Waals surface area contributed by atoms with E-state index in [-0.39, 0.29) is 5.56 Å². The van der Waals surface area contributed by atoms with Crippen molar-refractivity contribution < 1.29 is 0 Å². The number of fused-ring (bicyclic) bond motifs is 1. The lowest BCUT2D eigenvalue weighted by Crippen LogP contribution is -2.24. The number of hydrogen-bond acceptors (Lipinski definition) is 4. The topological polar surface area (TPSA) is 60.9 Å². The van der Waals surface area contributed by atoms with Crippen molar-refractivity contribution in [2.75, 3.05) is 6.54 Å². The zero-order valence-corrected chi connectivity index (χ0v) is 11.1. The van der Waals surface area contributed by atoms with Gasteiger partial charge in [-0.25, -0.2) is 4.98 Å². The van der Waals surface area contributed by atoms with Gasteiger partial charge in [0.1, 0.15) is 10.5 Å². The summed E-state index contributed by atoms with van der Waals surface area (Å²) >= 11 is 1.42. The van der Waals surface area contributed by atoms with Gasteiger partial charge in [-0.05, 0) is 30.1 Å². The van der Waals surface area contributed by atoms with Crippen LogP contribution in [-0.2, 0) is 6.42 Å². The number of para-hydroxylation sites is 1. The van der Waals surface area contributed by atoms with Crippen molar-refractivity contribution in [1.29, 1.82) is 0 Å². The van der Waals surface area contributed by atoms with Crippen LogP contribution in [0.2, 0.25) is 0 Å². The van der Waals surface area contributed by atoms with E-state index in [1.54, 1.807) is 4.57 Å². The summed E-state index contributed by atoms with van der Waals surface area (Å²) in [4.78, 5) is 17.1. The molecule has 3 aromatic rings. The quantitative estimate of drug-likeness (QED) is 0.792. The summed E-state index contributed by atoms with van der Waals surface area (Å²) in [5, 5.41) is 1.89. The lowest BCUT2D eigenvalue weighted by atomic mass is 10.3. The highest BCUT2D eigenvalue weighted by Crippen LogP contribution is 2.17. The van der Waals surface area contributed by atoms with Crippen LogP contribution in [-0.4, -0.2) is 16.1 Å². The Balaban J connectivity index is 2.34. The molecule has 0 unspecified atom stereocenters. The number of nitrogens with zero attached hydrogens (tertiary/aromatic N) is 2. The number of rotatable bonds is 3. The van der Waals surface area contributed by atoms with E-state index in [1.165, 1.54) is 11.3 Å². The molecule has 0 radical (unpaired) electrons. The third-order valence-electron chi connectivity index (χ3n) is 2.93. The van der Waals surface area contributed by atoms with Crippen molar-refractivity contribution >= 4 is 21.6 Å². The maximum Gasteiger partial charge on any atom is 0.276 e. The van der Waals surface area contributed by atoms with E-state index >= 15 is 0 Å². The highest BCUT2D eigenvalue weighted by molar-refractivity contribution is 7.17. The molecule has 3 rings (SSSR count). The Labute approximate surface area is 114 Å². The molecular weight excluding hydrogens is 258 g/mol. The first-order valence-electron chi connectivity index (χ1n) is 6.06. The summed E-state index contributed by atoms with van der Waals surface area (Å²) < 4.78 is 2.34. The van der Waals surface area contributed by atoms with Gasteiger partial charge in [0.25, 0.3) is 5.56 Å². The van der Waals surface area contributed by atoms with Crippen LogP contribution in [0.4, 0.5) is 0 Å². The molecular formula is C14H13N3OS. The van der Waals surface area contributed by atoms with E-state index in [1.807, 2.05) is 41.8 Å². The molecule has 0 amide bonds. The largest absolute Gasteiger partial charge is 0.330 e. The van der Waals surface area contributed by atoms with E-state index in [9.17, 15) is 4.79 Å². The normalized spacial score (nSPS) is 11.0. The average molecular weight is 271 g/mol. The fraction of sp³-hybridized carbons (Fsp3) is 0.143. The molecule has 0 saturated heterocycles. The van der Waals surface area contributed by atoms with Crippen LogP contribution in [0.5, 0.6) is 0 Å². The second-order valence-electron chi connectivity index (χ2n) is 4.18. The second kappa shape index (κ2) is 4.95. The van der Waals surface area contributed by atoms with Crippen LogP contribution in [0.15, 0.2) is 46.6 Å². The average Bonchev–Trinajstić information content (AvgIpc) is 2.89. The van der Waals surface area contributed by atoms with Crippen molar-refractivity contribution in [2.45, 2.75) is 6.42 Å². The van der Waals surface area contributed by atoms with Crippen molar-refractivity contribution in [3.05, 3.63) is 58.0 Å². The highest BCUT2D eigenvalue weighted by Gasteiger charge is 2.12. The van der Waals surface area contributed by atoms with Gasteiger partial charge in [-0.2, -0.15) is 0 Å². The summed E-state index contributed by atoms with van der Waals surface area (Å²) in [5.74, 6) is 0.713. The SMILES string of the molecule is NCCc1nc2ccsc2c(=O)n1-c1ccccc1. The van der Waals surface area contributed by atoms with E-state index < -0.39 is 0 Å². The van der Waals surface area contributed by atoms with Gasteiger partial charge >= 0.3 is 0 Å². The van der Waals surface area contributed by atoms with E-state index in [2.05, 4.69) is 4.98 Å². The number of aromatic nitrogens is 2. The predicted molar refractivity (Wildman–Crippen MR) is 78.0 cm³/mol. The molecule has 0 aliphatic carbocycles. The van der Waals surface area contributed by atoms with Gasteiger partial charge < -0.3 is 5.73 Å². The van der Waals surface area contributed by atoms with Crippen LogP contribution in [0.3, 0.4) is 0 Å². The maximum absolute atomic E-state index is 12.6. The first-order valence-corrected chi connectivity index (χ1v) is 6.94. The lowest BCUT2D eigenvalue weighted by Gasteiger charge is -2.11. The smallest absolute Gasteiger partial charge is 0.276 e. The molecule has 0 bridgehead atoms.